The fraction of sp³-hybridized carbons (Fsp3) is 0.276. The number of benzene rings is 3. The quantitative estimate of drug-likeness (QED) is 0.498. The van der Waals surface area contributed by atoms with Crippen molar-refractivity contribution in [1.82, 2.24) is 5.32 Å². The third-order valence-electron chi connectivity index (χ3n) is 6.48. The third-order valence-corrected chi connectivity index (χ3v) is 6.48. The molecule has 1 aliphatic rings. The minimum Gasteiger partial charge on any atom is -0.484 e. The Morgan fingerprint density at radius 1 is 0.972 bits per heavy atom. The summed E-state index contributed by atoms with van der Waals surface area (Å²) in [7, 11) is 0. The molecule has 0 aromatic heterocycles. The van der Waals surface area contributed by atoms with Crippen molar-refractivity contribution < 1.29 is 19.1 Å². The molecule has 3 aromatic carbocycles. The van der Waals surface area contributed by atoms with Crippen LogP contribution in [-0.4, -0.2) is 30.9 Å². The van der Waals surface area contributed by atoms with Gasteiger partial charge in [0.25, 0.3) is 5.91 Å². The Bertz CT molecular complexity index is 1250. The van der Waals surface area contributed by atoms with Gasteiger partial charge in [-0.25, -0.2) is 0 Å². The van der Waals surface area contributed by atoms with E-state index in [0.717, 1.165) is 22.4 Å². The standard InChI is InChI=1S/C29H31N3O4/c1-19-7-9-22(10-8-19)16-30-29(35)23-15-28(34)32(17-23)24-11-13-25(14-12-24)36-18-27(33)31-26-6-4-5-20(2)21(26)3/h4-14,23H,15-18H2,1-3H3,(H,30,35)(H,31,33). The summed E-state index contributed by atoms with van der Waals surface area (Å²) in [5, 5.41) is 5.80. The number of carbonyl (C=O) groups excluding carboxylic acids is 3. The Morgan fingerprint density at radius 2 is 1.69 bits per heavy atom. The minimum atomic E-state index is -0.396. The van der Waals surface area contributed by atoms with Gasteiger partial charge in [-0.3, -0.25) is 14.4 Å². The highest BCUT2D eigenvalue weighted by Gasteiger charge is 2.35. The number of aryl methyl sites for hydroxylation is 2. The average Bonchev–Trinajstić information content (AvgIpc) is 3.27. The van der Waals surface area contributed by atoms with Crippen LogP contribution in [0.25, 0.3) is 0 Å². The van der Waals surface area contributed by atoms with Crippen molar-refractivity contribution >= 4 is 29.1 Å². The molecule has 4 rings (SSSR count). The zero-order valence-electron chi connectivity index (χ0n) is 20.8. The summed E-state index contributed by atoms with van der Waals surface area (Å²) in [5.41, 5.74) is 5.77. The molecule has 1 atom stereocenters. The fourth-order valence-electron chi connectivity index (χ4n) is 4.12. The Balaban J connectivity index is 1.27. The van der Waals surface area contributed by atoms with Gasteiger partial charge in [-0.05, 0) is 67.8 Å². The molecular weight excluding hydrogens is 454 g/mol. The molecule has 1 aliphatic heterocycles. The van der Waals surface area contributed by atoms with Crippen LogP contribution >= 0.6 is 0 Å². The van der Waals surface area contributed by atoms with E-state index in [9.17, 15) is 14.4 Å². The van der Waals surface area contributed by atoms with Crippen molar-refractivity contribution in [3.63, 3.8) is 0 Å². The number of ether oxygens (including phenoxy) is 1. The first-order chi connectivity index (χ1) is 17.3. The van der Waals surface area contributed by atoms with Gasteiger partial charge in [0.1, 0.15) is 5.75 Å². The number of nitrogens with one attached hydrogen (secondary N) is 2. The molecule has 7 heteroatoms. The van der Waals surface area contributed by atoms with Gasteiger partial charge in [0.05, 0.1) is 5.92 Å². The van der Waals surface area contributed by atoms with E-state index in [4.69, 9.17) is 4.74 Å². The van der Waals surface area contributed by atoms with Crippen LogP contribution in [0.15, 0.2) is 66.7 Å². The van der Waals surface area contributed by atoms with E-state index < -0.39 is 5.92 Å². The molecule has 7 nitrogen and oxygen atoms in total. The van der Waals surface area contributed by atoms with Crippen LogP contribution in [0.4, 0.5) is 11.4 Å². The highest BCUT2D eigenvalue weighted by Crippen LogP contribution is 2.27. The number of nitrogens with zero attached hydrogens (tertiary/aromatic N) is 1. The Kier molecular flexibility index (Phi) is 7.68. The molecule has 0 aliphatic carbocycles. The topological polar surface area (TPSA) is 87.7 Å². The SMILES string of the molecule is Cc1ccc(CNC(=O)C2CC(=O)N(c3ccc(OCC(=O)Nc4cccc(C)c4C)cc3)C2)cc1. The lowest BCUT2D eigenvalue weighted by Gasteiger charge is -2.17. The summed E-state index contributed by atoms with van der Waals surface area (Å²) in [6, 6.07) is 20.7. The number of rotatable bonds is 8. The lowest BCUT2D eigenvalue weighted by atomic mass is 10.1. The van der Waals surface area contributed by atoms with Gasteiger partial charge in [0, 0.05) is 30.9 Å². The molecule has 3 aromatic rings. The highest BCUT2D eigenvalue weighted by atomic mass is 16.5. The second kappa shape index (κ2) is 11.1. The zero-order valence-corrected chi connectivity index (χ0v) is 20.8. The molecule has 186 valence electrons. The van der Waals surface area contributed by atoms with Gasteiger partial charge in [0.2, 0.25) is 11.8 Å². The molecule has 0 spiro atoms. The minimum absolute atomic E-state index is 0.0907. The highest BCUT2D eigenvalue weighted by molar-refractivity contribution is 6.00. The van der Waals surface area contributed by atoms with Crippen LogP contribution in [0.1, 0.15) is 28.7 Å². The third kappa shape index (κ3) is 6.10. The van der Waals surface area contributed by atoms with Crippen molar-refractivity contribution in [3.05, 3.63) is 89.0 Å². The first-order valence-corrected chi connectivity index (χ1v) is 12.0. The van der Waals surface area contributed by atoms with Crippen molar-refractivity contribution in [2.75, 3.05) is 23.4 Å². The smallest absolute Gasteiger partial charge is 0.262 e. The molecule has 1 saturated heterocycles. The van der Waals surface area contributed by atoms with Crippen LogP contribution in [-0.2, 0) is 20.9 Å². The molecule has 1 fully saturated rings. The number of anilines is 2. The molecule has 1 heterocycles. The second-order valence-electron chi connectivity index (χ2n) is 9.19. The number of hydrogen-bond donors (Lipinski definition) is 2. The normalized spacial score (nSPS) is 15.0. The van der Waals surface area contributed by atoms with Gasteiger partial charge in [-0.2, -0.15) is 0 Å². The van der Waals surface area contributed by atoms with Crippen molar-refractivity contribution in [2.24, 2.45) is 5.92 Å². The summed E-state index contributed by atoms with van der Waals surface area (Å²) in [4.78, 5) is 39.1. The van der Waals surface area contributed by atoms with Crippen LogP contribution in [0.5, 0.6) is 5.75 Å². The predicted octanol–water partition coefficient (Wildman–Crippen LogP) is 4.30. The molecular formula is C29H31N3O4. The van der Waals surface area contributed by atoms with Gasteiger partial charge in [-0.1, -0.05) is 42.0 Å². The molecule has 0 bridgehead atoms. The summed E-state index contributed by atoms with van der Waals surface area (Å²) >= 11 is 0. The fourth-order valence-corrected chi connectivity index (χ4v) is 4.12. The Hall–Kier alpha value is -4.13. The van der Waals surface area contributed by atoms with Crippen molar-refractivity contribution in [1.29, 1.82) is 0 Å². The van der Waals surface area contributed by atoms with Crippen LogP contribution in [0, 0.1) is 26.7 Å². The number of amides is 3. The zero-order chi connectivity index (χ0) is 25.7. The first kappa shape index (κ1) is 25.0. The van der Waals surface area contributed by atoms with Crippen LogP contribution in [0.3, 0.4) is 0 Å². The van der Waals surface area contributed by atoms with Gasteiger partial charge < -0.3 is 20.3 Å². The van der Waals surface area contributed by atoms with E-state index >= 15 is 0 Å². The van der Waals surface area contributed by atoms with Crippen LogP contribution in [0.2, 0.25) is 0 Å². The molecule has 3 amide bonds. The van der Waals surface area contributed by atoms with Gasteiger partial charge >= 0.3 is 0 Å². The van der Waals surface area contributed by atoms with E-state index in [1.807, 2.05) is 63.2 Å². The maximum atomic E-state index is 12.6. The van der Waals surface area contributed by atoms with Gasteiger partial charge in [-0.15, -0.1) is 0 Å². The van der Waals surface area contributed by atoms with E-state index in [1.165, 1.54) is 5.56 Å². The predicted molar refractivity (Wildman–Crippen MR) is 140 cm³/mol. The second-order valence-corrected chi connectivity index (χ2v) is 9.19. The van der Waals surface area contributed by atoms with Crippen molar-refractivity contribution in [3.8, 4) is 5.75 Å². The molecule has 1 unspecified atom stereocenters. The van der Waals surface area contributed by atoms with Gasteiger partial charge in [0.15, 0.2) is 6.61 Å². The van der Waals surface area contributed by atoms with Crippen LogP contribution < -0.4 is 20.3 Å². The summed E-state index contributed by atoms with van der Waals surface area (Å²) < 4.78 is 5.62. The first-order valence-electron chi connectivity index (χ1n) is 12.0. The molecule has 0 radical (unpaired) electrons. The average molecular weight is 486 g/mol. The molecule has 2 N–H and O–H groups in total. The van der Waals surface area contributed by atoms with E-state index in [0.29, 0.717) is 24.5 Å². The molecule has 36 heavy (non-hydrogen) atoms. The summed E-state index contributed by atoms with van der Waals surface area (Å²) in [5.74, 6) is -0.336. The van der Waals surface area contributed by atoms with E-state index in [-0.39, 0.29) is 30.7 Å². The largest absolute Gasteiger partial charge is 0.484 e. The summed E-state index contributed by atoms with van der Waals surface area (Å²) in [6.45, 7) is 6.61. The molecule has 0 saturated carbocycles. The maximum Gasteiger partial charge on any atom is 0.262 e. The Labute approximate surface area is 211 Å². The van der Waals surface area contributed by atoms with Crippen molar-refractivity contribution in [2.45, 2.75) is 33.7 Å². The van der Waals surface area contributed by atoms with E-state index in [1.54, 1.807) is 29.2 Å². The Morgan fingerprint density at radius 3 is 2.42 bits per heavy atom. The monoisotopic (exact) mass is 485 g/mol. The van der Waals surface area contributed by atoms with E-state index in [2.05, 4.69) is 10.6 Å². The number of hydrogen-bond acceptors (Lipinski definition) is 4. The number of carbonyl (C=O) groups is 3. The lowest BCUT2D eigenvalue weighted by Crippen LogP contribution is -2.32. The lowest BCUT2D eigenvalue weighted by molar-refractivity contribution is -0.126. The summed E-state index contributed by atoms with van der Waals surface area (Å²) in [6.07, 6.45) is 0.177. The maximum absolute atomic E-state index is 12.6.